The molecular formula is C22H27N3O4. The lowest BCUT2D eigenvalue weighted by molar-refractivity contribution is 0.0952. The highest BCUT2D eigenvalue weighted by Gasteiger charge is 2.12. The van der Waals surface area contributed by atoms with Crippen LogP contribution in [0.25, 0.3) is 11.0 Å². The molecule has 1 N–H and O–H groups in total. The number of hydrogen-bond donors (Lipinski definition) is 1. The van der Waals surface area contributed by atoms with Gasteiger partial charge in [0.2, 0.25) is 0 Å². The minimum Gasteiger partial charge on any atom is -0.493 e. The van der Waals surface area contributed by atoms with E-state index >= 15 is 0 Å². The lowest BCUT2D eigenvalue weighted by Gasteiger charge is -2.11. The van der Waals surface area contributed by atoms with Gasteiger partial charge in [-0.15, -0.1) is 0 Å². The number of imidazole rings is 1. The van der Waals surface area contributed by atoms with Crippen LogP contribution in [-0.4, -0.2) is 49.9 Å². The highest BCUT2D eigenvalue weighted by atomic mass is 16.5. The van der Waals surface area contributed by atoms with Crippen molar-refractivity contribution in [2.75, 3.05) is 34.5 Å². The summed E-state index contributed by atoms with van der Waals surface area (Å²) in [5.74, 6) is 1.99. The molecule has 1 aromatic heterocycles. The number of benzene rings is 2. The van der Waals surface area contributed by atoms with E-state index in [9.17, 15) is 4.79 Å². The van der Waals surface area contributed by atoms with Gasteiger partial charge in [0.05, 0.1) is 31.9 Å². The molecule has 1 heterocycles. The smallest absolute Gasteiger partial charge is 0.251 e. The third-order valence-electron chi connectivity index (χ3n) is 4.76. The fourth-order valence-corrected chi connectivity index (χ4v) is 3.28. The third-order valence-corrected chi connectivity index (χ3v) is 4.76. The SMILES string of the molecule is COCCn1c(CCCNC(=O)c2ccc(OC)c(OC)c2)nc2ccccc21. The Balaban J connectivity index is 1.60. The topological polar surface area (TPSA) is 74.6 Å². The maximum Gasteiger partial charge on any atom is 0.251 e. The van der Waals surface area contributed by atoms with E-state index in [1.165, 1.54) is 0 Å². The van der Waals surface area contributed by atoms with Gasteiger partial charge in [-0.2, -0.15) is 0 Å². The molecule has 0 aliphatic carbocycles. The van der Waals surface area contributed by atoms with E-state index in [1.54, 1.807) is 39.5 Å². The minimum absolute atomic E-state index is 0.140. The van der Waals surface area contributed by atoms with Crippen LogP contribution in [0.1, 0.15) is 22.6 Å². The molecule has 0 aliphatic heterocycles. The molecule has 3 rings (SSSR count). The predicted octanol–water partition coefficient (Wildman–Crippen LogP) is 3.06. The van der Waals surface area contributed by atoms with Crippen LogP contribution < -0.4 is 14.8 Å². The van der Waals surface area contributed by atoms with Crippen molar-refractivity contribution >= 4 is 16.9 Å². The zero-order chi connectivity index (χ0) is 20.6. The molecule has 0 saturated heterocycles. The van der Waals surface area contributed by atoms with Crippen LogP contribution in [0.5, 0.6) is 11.5 Å². The lowest BCUT2D eigenvalue weighted by atomic mass is 10.2. The molecule has 0 aliphatic rings. The predicted molar refractivity (Wildman–Crippen MR) is 112 cm³/mol. The monoisotopic (exact) mass is 397 g/mol. The standard InChI is InChI=1S/C22H27N3O4/c1-27-14-13-25-18-8-5-4-7-17(18)24-21(25)9-6-12-23-22(26)16-10-11-19(28-2)20(15-16)29-3/h4-5,7-8,10-11,15H,6,9,12-14H2,1-3H3,(H,23,26). The summed E-state index contributed by atoms with van der Waals surface area (Å²) in [5, 5.41) is 2.96. The molecule has 1 amide bonds. The number of ether oxygens (including phenoxy) is 3. The highest BCUT2D eigenvalue weighted by Crippen LogP contribution is 2.27. The van der Waals surface area contributed by atoms with Crippen molar-refractivity contribution in [3.05, 3.63) is 53.9 Å². The molecule has 2 aromatic carbocycles. The summed E-state index contributed by atoms with van der Waals surface area (Å²) in [4.78, 5) is 17.2. The van der Waals surface area contributed by atoms with Crippen LogP contribution in [-0.2, 0) is 17.7 Å². The molecule has 0 radical (unpaired) electrons. The maximum absolute atomic E-state index is 12.4. The summed E-state index contributed by atoms with van der Waals surface area (Å²) in [5.41, 5.74) is 2.62. The van der Waals surface area contributed by atoms with Gasteiger partial charge in [-0.3, -0.25) is 4.79 Å². The number of aryl methyl sites for hydroxylation is 1. The van der Waals surface area contributed by atoms with Crippen LogP contribution in [0.2, 0.25) is 0 Å². The van der Waals surface area contributed by atoms with Gasteiger partial charge in [0.25, 0.3) is 5.91 Å². The number of fused-ring (bicyclic) bond motifs is 1. The number of hydrogen-bond acceptors (Lipinski definition) is 5. The Morgan fingerprint density at radius 2 is 1.86 bits per heavy atom. The second kappa shape index (κ2) is 9.93. The Labute approximate surface area is 170 Å². The lowest BCUT2D eigenvalue weighted by Crippen LogP contribution is -2.25. The first-order valence-electron chi connectivity index (χ1n) is 9.61. The summed E-state index contributed by atoms with van der Waals surface area (Å²) >= 11 is 0. The number of amides is 1. The van der Waals surface area contributed by atoms with Gasteiger partial charge in [-0.05, 0) is 36.8 Å². The van der Waals surface area contributed by atoms with Crippen molar-refractivity contribution in [1.82, 2.24) is 14.9 Å². The highest BCUT2D eigenvalue weighted by molar-refractivity contribution is 5.94. The Kier molecular flexibility index (Phi) is 7.08. The largest absolute Gasteiger partial charge is 0.493 e. The zero-order valence-electron chi connectivity index (χ0n) is 17.1. The minimum atomic E-state index is -0.140. The van der Waals surface area contributed by atoms with Crippen LogP contribution in [0.4, 0.5) is 0 Å². The van der Waals surface area contributed by atoms with Crippen molar-refractivity contribution in [1.29, 1.82) is 0 Å². The average Bonchev–Trinajstić information content (AvgIpc) is 3.11. The van der Waals surface area contributed by atoms with Gasteiger partial charge in [0, 0.05) is 32.2 Å². The molecule has 0 unspecified atom stereocenters. The van der Waals surface area contributed by atoms with E-state index in [1.807, 2.05) is 18.2 Å². The molecular weight excluding hydrogens is 370 g/mol. The van der Waals surface area contributed by atoms with Gasteiger partial charge in [0.1, 0.15) is 5.82 Å². The van der Waals surface area contributed by atoms with Crippen LogP contribution in [0, 0.1) is 0 Å². The Morgan fingerprint density at radius 3 is 2.62 bits per heavy atom. The second-order valence-corrected chi connectivity index (χ2v) is 6.59. The number of aromatic nitrogens is 2. The van der Waals surface area contributed by atoms with Gasteiger partial charge >= 0.3 is 0 Å². The van der Waals surface area contributed by atoms with Gasteiger partial charge in [-0.1, -0.05) is 12.1 Å². The van der Waals surface area contributed by atoms with E-state index in [4.69, 9.17) is 19.2 Å². The number of nitrogens with zero attached hydrogens (tertiary/aromatic N) is 2. The summed E-state index contributed by atoms with van der Waals surface area (Å²) in [6.07, 6.45) is 1.56. The van der Waals surface area contributed by atoms with E-state index in [0.29, 0.717) is 30.2 Å². The molecule has 0 saturated carbocycles. The van der Waals surface area contributed by atoms with Crippen LogP contribution in [0.15, 0.2) is 42.5 Å². The number of carbonyl (C=O) groups is 1. The molecule has 7 heteroatoms. The quantitative estimate of drug-likeness (QED) is 0.532. The maximum atomic E-state index is 12.4. The van der Waals surface area contributed by atoms with Crippen molar-refractivity contribution in [3.8, 4) is 11.5 Å². The van der Waals surface area contributed by atoms with Gasteiger partial charge in [0.15, 0.2) is 11.5 Å². The zero-order valence-corrected chi connectivity index (χ0v) is 17.1. The van der Waals surface area contributed by atoms with Crippen molar-refractivity contribution < 1.29 is 19.0 Å². The summed E-state index contributed by atoms with van der Waals surface area (Å²) in [6.45, 7) is 1.94. The molecule has 154 valence electrons. The van der Waals surface area contributed by atoms with Crippen LogP contribution in [0.3, 0.4) is 0 Å². The number of nitrogens with one attached hydrogen (secondary N) is 1. The summed E-state index contributed by atoms with van der Waals surface area (Å²) < 4.78 is 17.9. The first kappa shape index (κ1) is 20.7. The molecule has 0 bridgehead atoms. The number of methoxy groups -OCH3 is 3. The van der Waals surface area contributed by atoms with E-state index in [-0.39, 0.29) is 5.91 Å². The number of carbonyl (C=O) groups excluding carboxylic acids is 1. The van der Waals surface area contributed by atoms with Crippen molar-refractivity contribution in [2.24, 2.45) is 0 Å². The number of para-hydroxylation sites is 2. The Bertz CT molecular complexity index is 968. The molecule has 7 nitrogen and oxygen atoms in total. The summed E-state index contributed by atoms with van der Waals surface area (Å²) in [7, 11) is 4.81. The molecule has 0 atom stereocenters. The Hall–Kier alpha value is -3.06. The normalized spacial score (nSPS) is 10.9. The van der Waals surface area contributed by atoms with Gasteiger partial charge in [-0.25, -0.2) is 4.98 Å². The number of rotatable bonds is 10. The molecule has 0 spiro atoms. The Morgan fingerprint density at radius 1 is 1.07 bits per heavy atom. The van der Waals surface area contributed by atoms with Crippen molar-refractivity contribution in [2.45, 2.75) is 19.4 Å². The second-order valence-electron chi connectivity index (χ2n) is 6.59. The fraction of sp³-hybridized carbons (Fsp3) is 0.364. The molecule has 3 aromatic rings. The van der Waals surface area contributed by atoms with Gasteiger partial charge < -0.3 is 24.1 Å². The third kappa shape index (κ3) is 4.86. The van der Waals surface area contributed by atoms with E-state index in [0.717, 1.165) is 36.2 Å². The average molecular weight is 397 g/mol. The molecule has 0 fully saturated rings. The van der Waals surface area contributed by atoms with Crippen molar-refractivity contribution in [3.63, 3.8) is 0 Å². The first-order valence-corrected chi connectivity index (χ1v) is 9.61. The first-order chi connectivity index (χ1) is 14.2. The van der Waals surface area contributed by atoms with Crippen LogP contribution >= 0.6 is 0 Å². The fourth-order valence-electron chi connectivity index (χ4n) is 3.28. The van der Waals surface area contributed by atoms with E-state index in [2.05, 4.69) is 16.0 Å². The molecule has 29 heavy (non-hydrogen) atoms. The summed E-state index contributed by atoms with van der Waals surface area (Å²) in [6, 6.07) is 13.2. The van der Waals surface area contributed by atoms with E-state index < -0.39 is 0 Å².